The Morgan fingerprint density at radius 3 is 2.48 bits per heavy atom. The van der Waals surface area contributed by atoms with Crippen LogP contribution in [0.15, 0.2) is 35.9 Å². The van der Waals surface area contributed by atoms with Crippen molar-refractivity contribution in [3.05, 3.63) is 41.5 Å². The molecule has 31 heavy (non-hydrogen) atoms. The largest absolute Gasteiger partial charge is 0.497 e. The van der Waals surface area contributed by atoms with E-state index in [0.717, 1.165) is 37.2 Å². The lowest BCUT2D eigenvalue weighted by Gasteiger charge is -2.30. The van der Waals surface area contributed by atoms with E-state index >= 15 is 0 Å². The van der Waals surface area contributed by atoms with Gasteiger partial charge in [-0.2, -0.15) is 0 Å². The third-order valence-electron chi connectivity index (χ3n) is 5.53. The molecule has 1 saturated heterocycles. The van der Waals surface area contributed by atoms with Gasteiger partial charge >= 0.3 is 5.97 Å². The number of methoxy groups -OCH3 is 1. The molecular formula is C25H38O6. The first-order valence-electron chi connectivity index (χ1n) is 11.1. The maximum atomic E-state index is 11.5. The quantitative estimate of drug-likeness (QED) is 0.320. The van der Waals surface area contributed by atoms with Crippen LogP contribution >= 0.6 is 0 Å². The second-order valence-corrected chi connectivity index (χ2v) is 8.46. The first-order chi connectivity index (χ1) is 14.8. The molecule has 0 saturated carbocycles. The number of carbonyl (C=O) groups excluding carboxylic acids is 1. The van der Waals surface area contributed by atoms with Gasteiger partial charge in [0.1, 0.15) is 5.75 Å². The number of carbonyl (C=O) groups is 1. The Hall–Kier alpha value is -1.89. The number of allylic oxidation sites excluding steroid dienone is 1. The van der Waals surface area contributed by atoms with Crippen LogP contribution < -0.4 is 4.74 Å². The van der Waals surface area contributed by atoms with Gasteiger partial charge in [-0.1, -0.05) is 30.7 Å². The van der Waals surface area contributed by atoms with Gasteiger partial charge in [-0.05, 0) is 56.7 Å². The molecule has 1 aromatic rings. The minimum absolute atomic E-state index is 0.320. The summed E-state index contributed by atoms with van der Waals surface area (Å²) in [5.74, 6) is 0.175. The SMILES string of the molecule is COc1ccc(COCC(C)CCCC(C)=CCC(OC(C)=O)C2(C)OCCO2)cc1. The van der Waals surface area contributed by atoms with Crippen LogP contribution in [0.4, 0.5) is 0 Å². The first-order valence-corrected chi connectivity index (χ1v) is 11.1. The molecule has 0 aromatic heterocycles. The van der Waals surface area contributed by atoms with Crippen molar-refractivity contribution in [1.29, 1.82) is 0 Å². The van der Waals surface area contributed by atoms with Crippen LogP contribution in [0, 0.1) is 5.92 Å². The zero-order chi connectivity index (χ0) is 22.7. The lowest BCUT2D eigenvalue weighted by atomic mass is 10.0. The zero-order valence-corrected chi connectivity index (χ0v) is 19.6. The molecule has 1 fully saturated rings. The number of benzene rings is 1. The summed E-state index contributed by atoms with van der Waals surface area (Å²) < 4.78 is 27.9. The molecule has 1 aromatic carbocycles. The van der Waals surface area contributed by atoms with Gasteiger partial charge in [-0.15, -0.1) is 0 Å². The topological polar surface area (TPSA) is 63.2 Å². The Bertz CT molecular complexity index is 690. The fourth-order valence-electron chi connectivity index (χ4n) is 3.61. The molecule has 1 heterocycles. The van der Waals surface area contributed by atoms with Gasteiger partial charge in [0.25, 0.3) is 0 Å². The van der Waals surface area contributed by atoms with Crippen LogP contribution in [0.3, 0.4) is 0 Å². The summed E-state index contributed by atoms with van der Waals surface area (Å²) in [6, 6.07) is 7.97. The standard InChI is InChI=1S/C25H38O6/c1-19(9-14-24(31-21(3)26)25(4)29-15-16-30-25)7-6-8-20(2)17-28-18-22-10-12-23(27-5)13-11-22/h9-13,20,24H,6-8,14-18H2,1-5H3. The van der Waals surface area contributed by atoms with Crippen molar-refractivity contribution in [1.82, 2.24) is 0 Å². The molecule has 6 heteroatoms. The van der Waals surface area contributed by atoms with Crippen LogP contribution in [0.25, 0.3) is 0 Å². The normalized spacial score (nSPS) is 17.9. The number of hydrogen-bond acceptors (Lipinski definition) is 6. The van der Waals surface area contributed by atoms with Crippen LogP contribution in [-0.4, -0.2) is 44.8 Å². The summed E-state index contributed by atoms with van der Waals surface area (Å²) in [5, 5.41) is 0. The van der Waals surface area contributed by atoms with Crippen molar-refractivity contribution in [2.75, 3.05) is 26.9 Å². The first kappa shape index (κ1) is 25.4. The van der Waals surface area contributed by atoms with Crippen molar-refractivity contribution in [3.63, 3.8) is 0 Å². The van der Waals surface area contributed by atoms with E-state index in [-0.39, 0.29) is 5.97 Å². The van der Waals surface area contributed by atoms with E-state index in [4.69, 9.17) is 23.7 Å². The van der Waals surface area contributed by atoms with E-state index in [1.54, 1.807) is 7.11 Å². The smallest absolute Gasteiger partial charge is 0.303 e. The molecule has 1 aliphatic heterocycles. The van der Waals surface area contributed by atoms with E-state index in [0.29, 0.717) is 32.2 Å². The molecular weight excluding hydrogens is 396 g/mol. The van der Waals surface area contributed by atoms with Crippen molar-refractivity contribution in [3.8, 4) is 5.75 Å². The van der Waals surface area contributed by atoms with Gasteiger partial charge in [0.05, 0.1) is 26.9 Å². The van der Waals surface area contributed by atoms with E-state index in [9.17, 15) is 4.79 Å². The Labute approximate surface area is 186 Å². The molecule has 0 spiro atoms. The Morgan fingerprint density at radius 1 is 1.19 bits per heavy atom. The van der Waals surface area contributed by atoms with Crippen LogP contribution in [0.2, 0.25) is 0 Å². The summed E-state index contributed by atoms with van der Waals surface area (Å²) in [5.41, 5.74) is 2.43. The predicted octanol–water partition coefficient (Wildman–Crippen LogP) is 5.05. The summed E-state index contributed by atoms with van der Waals surface area (Å²) in [6.45, 7) is 10.0. The maximum absolute atomic E-state index is 11.5. The molecule has 6 nitrogen and oxygen atoms in total. The van der Waals surface area contributed by atoms with E-state index < -0.39 is 11.9 Å². The van der Waals surface area contributed by atoms with E-state index in [1.807, 2.05) is 31.2 Å². The summed E-state index contributed by atoms with van der Waals surface area (Å²) >= 11 is 0. The van der Waals surface area contributed by atoms with E-state index in [1.165, 1.54) is 12.5 Å². The third kappa shape index (κ3) is 9.01. The second kappa shape index (κ2) is 12.8. The van der Waals surface area contributed by atoms with Gasteiger partial charge in [0.15, 0.2) is 6.10 Å². The highest BCUT2D eigenvalue weighted by Crippen LogP contribution is 2.28. The van der Waals surface area contributed by atoms with Gasteiger partial charge in [0.2, 0.25) is 5.79 Å². The van der Waals surface area contributed by atoms with Gasteiger partial charge in [-0.25, -0.2) is 0 Å². The average Bonchev–Trinajstić information content (AvgIpc) is 3.19. The lowest BCUT2D eigenvalue weighted by molar-refractivity contribution is -0.220. The molecule has 0 radical (unpaired) electrons. The van der Waals surface area contributed by atoms with E-state index in [2.05, 4.69) is 19.9 Å². The molecule has 174 valence electrons. The average molecular weight is 435 g/mol. The van der Waals surface area contributed by atoms with Gasteiger partial charge in [-0.3, -0.25) is 4.79 Å². The molecule has 1 aliphatic rings. The van der Waals surface area contributed by atoms with Crippen molar-refractivity contribution in [2.24, 2.45) is 5.92 Å². The predicted molar refractivity (Wildman–Crippen MR) is 120 cm³/mol. The molecule has 2 rings (SSSR count). The third-order valence-corrected chi connectivity index (χ3v) is 5.53. The fraction of sp³-hybridized carbons (Fsp3) is 0.640. The lowest BCUT2D eigenvalue weighted by Crippen LogP contribution is -2.43. The number of hydrogen-bond donors (Lipinski definition) is 0. The van der Waals surface area contributed by atoms with Crippen molar-refractivity contribution in [2.45, 2.75) is 71.9 Å². The summed E-state index contributed by atoms with van der Waals surface area (Å²) in [6.07, 6.45) is 5.49. The second-order valence-electron chi connectivity index (χ2n) is 8.46. The molecule has 0 N–H and O–H groups in total. The number of ether oxygens (including phenoxy) is 5. The monoisotopic (exact) mass is 434 g/mol. The van der Waals surface area contributed by atoms with Crippen LogP contribution in [0.1, 0.15) is 58.9 Å². The van der Waals surface area contributed by atoms with Crippen LogP contribution in [0.5, 0.6) is 5.75 Å². The molecule has 0 amide bonds. The Balaban J connectivity index is 1.67. The molecule has 0 aliphatic carbocycles. The Morgan fingerprint density at radius 2 is 1.87 bits per heavy atom. The maximum Gasteiger partial charge on any atom is 0.303 e. The number of rotatable bonds is 13. The zero-order valence-electron chi connectivity index (χ0n) is 19.6. The Kier molecular flexibility index (Phi) is 10.5. The highest BCUT2D eigenvalue weighted by Gasteiger charge is 2.41. The minimum Gasteiger partial charge on any atom is -0.497 e. The summed E-state index contributed by atoms with van der Waals surface area (Å²) in [7, 11) is 1.67. The minimum atomic E-state index is -0.863. The van der Waals surface area contributed by atoms with Crippen LogP contribution in [-0.2, 0) is 30.3 Å². The highest BCUT2D eigenvalue weighted by atomic mass is 16.8. The highest BCUT2D eigenvalue weighted by molar-refractivity contribution is 5.66. The summed E-state index contributed by atoms with van der Waals surface area (Å²) in [4.78, 5) is 11.5. The molecule has 0 bridgehead atoms. The fourth-order valence-corrected chi connectivity index (χ4v) is 3.61. The van der Waals surface area contributed by atoms with Crippen molar-refractivity contribution >= 4 is 5.97 Å². The van der Waals surface area contributed by atoms with Gasteiger partial charge < -0.3 is 23.7 Å². The molecule has 2 atom stereocenters. The molecule has 2 unspecified atom stereocenters. The van der Waals surface area contributed by atoms with Crippen molar-refractivity contribution < 1.29 is 28.5 Å². The number of esters is 1. The van der Waals surface area contributed by atoms with Gasteiger partial charge in [0, 0.05) is 20.0 Å².